The molecule has 0 spiro atoms. The van der Waals surface area contributed by atoms with E-state index < -0.39 is 17.2 Å². The van der Waals surface area contributed by atoms with Crippen molar-refractivity contribution < 1.29 is 19.4 Å². The van der Waals surface area contributed by atoms with Crippen molar-refractivity contribution in [2.24, 2.45) is 0 Å². The number of ether oxygens (including phenoxy) is 1. The van der Waals surface area contributed by atoms with Gasteiger partial charge in [0, 0.05) is 30.9 Å². The number of morpholine rings is 1. The Morgan fingerprint density at radius 1 is 1.04 bits per heavy atom. The molecule has 0 amide bonds. The average Bonchev–Trinajstić information content (AvgIpc) is 2.70. The third-order valence-corrected chi connectivity index (χ3v) is 5.13. The fourth-order valence-electron chi connectivity index (χ4n) is 3.52. The summed E-state index contributed by atoms with van der Waals surface area (Å²) < 4.78 is 5.35. The Morgan fingerprint density at radius 3 is 2.30 bits per heavy atom. The summed E-state index contributed by atoms with van der Waals surface area (Å²) in [7, 11) is 0. The van der Waals surface area contributed by atoms with Crippen LogP contribution in [0.15, 0.2) is 54.6 Å². The van der Waals surface area contributed by atoms with Crippen molar-refractivity contribution in [3.8, 4) is 0 Å². The van der Waals surface area contributed by atoms with Gasteiger partial charge in [0.1, 0.15) is 0 Å². The van der Waals surface area contributed by atoms with E-state index in [1.54, 1.807) is 54.6 Å². The van der Waals surface area contributed by atoms with Gasteiger partial charge in [-0.1, -0.05) is 42.5 Å². The van der Waals surface area contributed by atoms with E-state index in [4.69, 9.17) is 10.5 Å². The number of carboxylic acid groups (broad SMARTS) is 1. The third kappa shape index (κ3) is 3.86. The van der Waals surface area contributed by atoms with E-state index in [1.807, 2.05) is 0 Å². The molecule has 0 bridgehead atoms. The first kappa shape index (κ1) is 19.1. The molecule has 3 rings (SSSR count). The van der Waals surface area contributed by atoms with E-state index >= 15 is 0 Å². The number of anilines is 1. The van der Waals surface area contributed by atoms with Crippen molar-refractivity contribution >= 4 is 17.4 Å². The molecular formula is C21H24N2O4. The van der Waals surface area contributed by atoms with Gasteiger partial charge < -0.3 is 15.6 Å². The van der Waals surface area contributed by atoms with Gasteiger partial charge in [0.15, 0.2) is 11.2 Å². The molecule has 6 heteroatoms. The first-order chi connectivity index (χ1) is 13.1. The smallest absolute Gasteiger partial charge is 0.322 e. The van der Waals surface area contributed by atoms with Crippen molar-refractivity contribution in [1.82, 2.24) is 4.90 Å². The van der Waals surface area contributed by atoms with Gasteiger partial charge in [0.05, 0.1) is 13.2 Å². The molecule has 1 unspecified atom stereocenters. The second-order valence-corrected chi connectivity index (χ2v) is 6.70. The van der Waals surface area contributed by atoms with Crippen molar-refractivity contribution in [2.75, 3.05) is 38.6 Å². The Bertz CT molecular complexity index is 803. The van der Waals surface area contributed by atoms with E-state index in [-0.39, 0.29) is 17.7 Å². The molecule has 0 aromatic heterocycles. The standard InChI is InChI=1S/C21H24N2O4/c22-18-9-5-4-8-17(18)19(24)21(20(25)26,16-6-2-1-3-7-16)10-11-23-12-14-27-15-13-23/h1-9H,10-15,22H2,(H,25,26). The Morgan fingerprint density at radius 2 is 1.67 bits per heavy atom. The number of para-hydroxylation sites is 1. The summed E-state index contributed by atoms with van der Waals surface area (Å²) in [6.45, 7) is 3.18. The van der Waals surface area contributed by atoms with Crippen LogP contribution in [0, 0.1) is 0 Å². The highest BCUT2D eigenvalue weighted by Crippen LogP contribution is 2.34. The Labute approximate surface area is 158 Å². The van der Waals surface area contributed by atoms with Crippen molar-refractivity contribution in [2.45, 2.75) is 11.8 Å². The van der Waals surface area contributed by atoms with Crippen LogP contribution in [0.3, 0.4) is 0 Å². The number of hydrogen-bond donors (Lipinski definition) is 2. The minimum atomic E-state index is -1.69. The Balaban J connectivity index is 2.02. The predicted molar refractivity (Wildman–Crippen MR) is 103 cm³/mol. The molecule has 1 aliphatic heterocycles. The van der Waals surface area contributed by atoms with Gasteiger partial charge in [-0.05, 0) is 24.1 Å². The maximum atomic E-state index is 13.5. The number of carbonyl (C=O) groups excluding carboxylic acids is 1. The van der Waals surface area contributed by atoms with Gasteiger partial charge >= 0.3 is 5.97 Å². The predicted octanol–water partition coefficient (Wildman–Crippen LogP) is 2.20. The maximum absolute atomic E-state index is 13.5. The number of aliphatic carboxylic acids is 1. The number of rotatable bonds is 7. The number of carboxylic acids is 1. The summed E-state index contributed by atoms with van der Waals surface area (Å²) in [5, 5.41) is 10.2. The molecule has 1 atom stereocenters. The molecular weight excluding hydrogens is 344 g/mol. The number of carbonyl (C=O) groups is 2. The molecule has 3 N–H and O–H groups in total. The summed E-state index contributed by atoms with van der Waals surface area (Å²) in [4.78, 5) is 28.1. The van der Waals surface area contributed by atoms with Crippen LogP contribution in [-0.2, 0) is 14.9 Å². The fraction of sp³-hybridized carbons (Fsp3) is 0.333. The molecule has 2 aromatic carbocycles. The number of nitrogen functional groups attached to an aromatic ring is 1. The molecule has 1 fully saturated rings. The van der Waals surface area contributed by atoms with Gasteiger partial charge in [-0.3, -0.25) is 14.5 Å². The fourth-order valence-corrected chi connectivity index (χ4v) is 3.52. The number of ketones is 1. The quantitative estimate of drug-likeness (QED) is 0.442. The maximum Gasteiger partial charge on any atom is 0.322 e. The molecule has 1 saturated heterocycles. The molecule has 0 saturated carbocycles. The highest BCUT2D eigenvalue weighted by molar-refractivity contribution is 6.18. The number of Topliss-reactive ketones (excluding diaryl/α,β-unsaturated/α-hetero) is 1. The van der Waals surface area contributed by atoms with Crippen LogP contribution in [0.1, 0.15) is 22.3 Å². The molecule has 142 valence electrons. The van der Waals surface area contributed by atoms with Crippen LogP contribution in [0.5, 0.6) is 0 Å². The Kier molecular flexibility index (Phi) is 5.88. The SMILES string of the molecule is Nc1ccccc1C(=O)C(CCN1CCOCC1)(C(=O)O)c1ccccc1. The lowest BCUT2D eigenvalue weighted by Gasteiger charge is -2.33. The summed E-state index contributed by atoms with van der Waals surface area (Å²) in [6.07, 6.45) is 0.166. The van der Waals surface area contributed by atoms with E-state index in [0.29, 0.717) is 25.3 Å². The van der Waals surface area contributed by atoms with Crippen molar-refractivity contribution in [3.05, 3.63) is 65.7 Å². The number of nitrogens with two attached hydrogens (primary N) is 1. The van der Waals surface area contributed by atoms with Crippen LogP contribution >= 0.6 is 0 Å². The molecule has 1 heterocycles. The first-order valence-corrected chi connectivity index (χ1v) is 9.04. The summed E-state index contributed by atoms with van der Waals surface area (Å²) in [6, 6.07) is 15.3. The third-order valence-electron chi connectivity index (χ3n) is 5.13. The van der Waals surface area contributed by atoms with Crippen LogP contribution in [0.2, 0.25) is 0 Å². The summed E-state index contributed by atoms with van der Waals surface area (Å²) in [5.74, 6) is -1.64. The van der Waals surface area contributed by atoms with Gasteiger partial charge in [-0.2, -0.15) is 0 Å². The highest BCUT2D eigenvalue weighted by Gasteiger charge is 2.48. The highest BCUT2D eigenvalue weighted by atomic mass is 16.5. The van der Waals surface area contributed by atoms with E-state index in [9.17, 15) is 14.7 Å². The van der Waals surface area contributed by atoms with Gasteiger partial charge in [0.25, 0.3) is 0 Å². The van der Waals surface area contributed by atoms with Crippen LogP contribution in [-0.4, -0.2) is 54.6 Å². The zero-order valence-electron chi connectivity index (χ0n) is 15.1. The zero-order chi connectivity index (χ0) is 19.3. The van der Waals surface area contributed by atoms with Crippen LogP contribution in [0.4, 0.5) is 5.69 Å². The monoisotopic (exact) mass is 368 g/mol. The molecule has 27 heavy (non-hydrogen) atoms. The van der Waals surface area contributed by atoms with Gasteiger partial charge in [-0.15, -0.1) is 0 Å². The summed E-state index contributed by atoms with van der Waals surface area (Å²) in [5.41, 5.74) is 5.31. The molecule has 6 nitrogen and oxygen atoms in total. The van der Waals surface area contributed by atoms with E-state index in [2.05, 4.69) is 4.90 Å². The molecule has 0 aliphatic carbocycles. The lowest BCUT2D eigenvalue weighted by atomic mass is 9.71. The number of hydrogen-bond acceptors (Lipinski definition) is 5. The topological polar surface area (TPSA) is 92.9 Å². The lowest BCUT2D eigenvalue weighted by molar-refractivity contribution is -0.142. The summed E-state index contributed by atoms with van der Waals surface area (Å²) >= 11 is 0. The van der Waals surface area contributed by atoms with E-state index in [1.165, 1.54) is 0 Å². The Hall–Kier alpha value is -2.70. The van der Waals surface area contributed by atoms with Crippen molar-refractivity contribution in [1.29, 1.82) is 0 Å². The normalized spacial score (nSPS) is 17.2. The first-order valence-electron chi connectivity index (χ1n) is 9.04. The zero-order valence-corrected chi connectivity index (χ0v) is 15.1. The minimum absolute atomic E-state index is 0.166. The average molecular weight is 368 g/mol. The molecule has 1 aliphatic rings. The second kappa shape index (κ2) is 8.33. The van der Waals surface area contributed by atoms with Gasteiger partial charge in [-0.25, -0.2) is 0 Å². The number of nitrogens with zero attached hydrogens (tertiary/aromatic N) is 1. The number of benzene rings is 2. The lowest BCUT2D eigenvalue weighted by Crippen LogP contribution is -2.48. The largest absolute Gasteiger partial charge is 0.480 e. The van der Waals surface area contributed by atoms with Crippen molar-refractivity contribution in [3.63, 3.8) is 0 Å². The molecule has 2 aromatic rings. The van der Waals surface area contributed by atoms with Gasteiger partial charge in [0.2, 0.25) is 0 Å². The second-order valence-electron chi connectivity index (χ2n) is 6.70. The van der Waals surface area contributed by atoms with Crippen LogP contribution in [0.25, 0.3) is 0 Å². The minimum Gasteiger partial charge on any atom is -0.480 e. The van der Waals surface area contributed by atoms with E-state index in [0.717, 1.165) is 13.1 Å². The van der Waals surface area contributed by atoms with Crippen LogP contribution < -0.4 is 5.73 Å². The molecule has 0 radical (unpaired) electrons.